The fraction of sp³-hybridized carbons (Fsp3) is 0.111. The van der Waals surface area contributed by atoms with Gasteiger partial charge in [0.1, 0.15) is 6.54 Å². The van der Waals surface area contributed by atoms with Crippen LogP contribution in [-0.2, 0) is 14.3 Å². The normalized spacial score (nSPS) is 12.7. The fourth-order valence-corrected chi connectivity index (χ4v) is 2.99. The van der Waals surface area contributed by atoms with E-state index in [2.05, 4.69) is 5.32 Å². The first-order chi connectivity index (χ1) is 12.9. The van der Waals surface area contributed by atoms with Gasteiger partial charge in [-0.25, -0.2) is 0 Å². The van der Waals surface area contributed by atoms with Gasteiger partial charge in [0, 0.05) is 0 Å². The molecule has 0 saturated heterocycles. The van der Waals surface area contributed by atoms with Gasteiger partial charge in [0.2, 0.25) is 0 Å². The highest BCUT2D eigenvalue weighted by Gasteiger charge is 2.36. The van der Waals surface area contributed by atoms with Crippen LogP contribution in [0.1, 0.15) is 20.7 Å². The third-order valence-electron chi connectivity index (χ3n) is 3.76. The van der Waals surface area contributed by atoms with Crippen LogP contribution in [0.2, 0.25) is 10.0 Å². The van der Waals surface area contributed by atoms with E-state index in [0.29, 0.717) is 0 Å². The minimum Gasteiger partial charge on any atom is -0.454 e. The molecule has 138 valence electrons. The molecule has 0 aliphatic carbocycles. The van der Waals surface area contributed by atoms with Gasteiger partial charge in [0.05, 0.1) is 26.9 Å². The number of ether oxygens (including phenoxy) is 1. The van der Waals surface area contributed by atoms with Gasteiger partial charge in [-0.1, -0.05) is 41.4 Å². The van der Waals surface area contributed by atoms with Crippen molar-refractivity contribution in [3.05, 3.63) is 63.6 Å². The zero-order chi connectivity index (χ0) is 19.6. The molecule has 0 saturated carbocycles. The van der Waals surface area contributed by atoms with Gasteiger partial charge < -0.3 is 10.1 Å². The van der Waals surface area contributed by atoms with Crippen LogP contribution < -0.4 is 5.32 Å². The summed E-state index contributed by atoms with van der Waals surface area (Å²) in [5, 5.41) is 2.89. The van der Waals surface area contributed by atoms with Gasteiger partial charge >= 0.3 is 5.97 Å². The Morgan fingerprint density at radius 3 is 2.04 bits per heavy atom. The van der Waals surface area contributed by atoms with Crippen molar-refractivity contribution in [2.75, 3.05) is 18.5 Å². The molecule has 2 aromatic carbocycles. The third-order valence-corrected chi connectivity index (χ3v) is 4.39. The minimum absolute atomic E-state index is 0.197. The predicted molar refractivity (Wildman–Crippen MR) is 97.9 cm³/mol. The SMILES string of the molecule is O=C(COC(=O)CN1C(=O)c2ccccc2C1=O)Nc1c(Cl)cccc1Cl. The monoisotopic (exact) mass is 406 g/mol. The maximum Gasteiger partial charge on any atom is 0.326 e. The van der Waals surface area contributed by atoms with Crippen LogP contribution in [0.25, 0.3) is 0 Å². The summed E-state index contributed by atoms with van der Waals surface area (Å²) < 4.78 is 4.83. The molecule has 0 aromatic heterocycles. The zero-order valence-corrected chi connectivity index (χ0v) is 15.2. The molecule has 1 N–H and O–H groups in total. The number of fused-ring (bicyclic) bond motifs is 1. The second-order valence-corrected chi connectivity index (χ2v) is 6.36. The average Bonchev–Trinajstić information content (AvgIpc) is 2.88. The Morgan fingerprint density at radius 2 is 1.48 bits per heavy atom. The Kier molecular flexibility index (Phi) is 5.43. The van der Waals surface area contributed by atoms with Gasteiger partial charge in [-0.15, -0.1) is 0 Å². The summed E-state index contributed by atoms with van der Waals surface area (Å²) in [4.78, 5) is 49.0. The number of hydrogen-bond donors (Lipinski definition) is 1. The molecule has 3 amide bonds. The first kappa shape index (κ1) is 18.9. The molecular weight excluding hydrogens is 395 g/mol. The van der Waals surface area contributed by atoms with Crippen molar-refractivity contribution in [3.8, 4) is 0 Å². The van der Waals surface area contributed by atoms with E-state index in [9.17, 15) is 19.2 Å². The molecule has 0 spiro atoms. The Bertz CT molecular complexity index is 905. The molecule has 0 fully saturated rings. The van der Waals surface area contributed by atoms with E-state index in [1.807, 2.05) is 0 Å². The van der Waals surface area contributed by atoms with E-state index in [1.54, 1.807) is 18.2 Å². The maximum atomic E-state index is 12.2. The van der Waals surface area contributed by atoms with Crippen molar-refractivity contribution < 1.29 is 23.9 Å². The Balaban J connectivity index is 1.55. The van der Waals surface area contributed by atoms with Crippen molar-refractivity contribution in [1.29, 1.82) is 0 Å². The first-order valence-electron chi connectivity index (χ1n) is 7.73. The molecule has 27 heavy (non-hydrogen) atoms. The number of nitrogens with one attached hydrogen (secondary N) is 1. The Hall–Kier alpha value is -2.90. The fourth-order valence-electron chi connectivity index (χ4n) is 2.50. The molecule has 1 heterocycles. The van der Waals surface area contributed by atoms with Crippen LogP contribution in [0, 0.1) is 0 Å². The number of halogens is 2. The number of carbonyl (C=O) groups excluding carboxylic acids is 4. The second kappa shape index (κ2) is 7.77. The van der Waals surface area contributed by atoms with E-state index in [1.165, 1.54) is 24.3 Å². The van der Waals surface area contributed by atoms with E-state index in [4.69, 9.17) is 27.9 Å². The third kappa shape index (κ3) is 3.94. The number of carbonyl (C=O) groups is 4. The number of imide groups is 1. The summed E-state index contributed by atoms with van der Waals surface area (Å²) in [6, 6.07) is 10.9. The van der Waals surface area contributed by atoms with Crippen LogP contribution in [0.15, 0.2) is 42.5 Å². The highest BCUT2D eigenvalue weighted by molar-refractivity contribution is 6.39. The van der Waals surface area contributed by atoms with Crippen LogP contribution in [0.3, 0.4) is 0 Å². The number of anilines is 1. The highest BCUT2D eigenvalue weighted by Crippen LogP contribution is 2.29. The molecule has 1 aliphatic rings. The van der Waals surface area contributed by atoms with Crippen LogP contribution in [0.5, 0.6) is 0 Å². The molecule has 1 aliphatic heterocycles. The number of amides is 3. The lowest BCUT2D eigenvalue weighted by molar-refractivity contribution is -0.147. The topological polar surface area (TPSA) is 92.8 Å². The zero-order valence-electron chi connectivity index (χ0n) is 13.7. The summed E-state index contributed by atoms with van der Waals surface area (Å²) >= 11 is 11.9. The lowest BCUT2D eigenvalue weighted by Gasteiger charge is -2.13. The number of hydrogen-bond acceptors (Lipinski definition) is 5. The van der Waals surface area contributed by atoms with Gasteiger partial charge in [0.25, 0.3) is 17.7 Å². The first-order valence-corrected chi connectivity index (χ1v) is 8.49. The average molecular weight is 407 g/mol. The summed E-state index contributed by atoms with van der Waals surface area (Å²) in [5.41, 5.74) is 0.644. The summed E-state index contributed by atoms with van der Waals surface area (Å²) in [7, 11) is 0. The van der Waals surface area contributed by atoms with Crippen molar-refractivity contribution in [1.82, 2.24) is 4.90 Å². The van der Waals surface area contributed by atoms with Gasteiger partial charge in [-0.3, -0.25) is 24.1 Å². The van der Waals surface area contributed by atoms with Crippen LogP contribution in [-0.4, -0.2) is 41.7 Å². The molecule has 2 aromatic rings. The molecule has 0 bridgehead atoms. The lowest BCUT2D eigenvalue weighted by atomic mass is 10.1. The standard InChI is InChI=1S/C18H12Cl2N2O5/c19-12-6-3-7-13(20)16(12)21-14(23)9-27-15(24)8-22-17(25)10-4-1-2-5-11(10)18(22)26/h1-7H,8-9H2,(H,21,23). The van der Waals surface area contributed by atoms with Gasteiger partial charge in [-0.2, -0.15) is 0 Å². The molecule has 7 nitrogen and oxygen atoms in total. The number of benzene rings is 2. The number of esters is 1. The quantitative estimate of drug-likeness (QED) is 0.608. The Morgan fingerprint density at radius 1 is 0.926 bits per heavy atom. The largest absolute Gasteiger partial charge is 0.454 e. The van der Waals surface area contributed by atoms with E-state index < -0.39 is 36.8 Å². The number of nitrogens with zero attached hydrogens (tertiary/aromatic N) is 1. The lowest BCUT2D eigenvalue weighted by Crippen LogP contribution is -2.36. The highest BCUT2D eigenvalue weighted by atomic mass is 35.5. The van der Waals surface area contributed by atoms with Gasteiger partial charge in [0.15, 0.2) is 6.61 Å². The van der Waals surface area contributed by atoms with E-state index in [-0.39, 0.29) is 26.9 Å². The predicted octanol–water partition coefficient (Wildman–Crippen LogP) is 2.77. The van der Waals surface area contributed by atoms with Gasteiger partial charge in [-0.05, 0) is 24.3 Å². The van der Waals surface area contributed by atoms with Crippen molar-refractivity contribution in [2.24, 2.45) is 0 Å². The molecule has 3 rings (SSSR count). The molecule has 0 radical (unpaired) electrons. The van der Waals surface area contributed by atoms with E-state index in [0.717, 1.165) is 4.90 Å². The van der Waals surface area contributed by atoms with E-state index >= 15 is 0 Å². The van der Waals surface area contributed by atoms with Crippen LogP contribution >= 0.6 is 23.2 Å². The Labute approximate surface area is 163 Å². The van der Waals surface area contributed by atoms with Crippen LogP contribution in [0.4, 0.5) is 5.69 Å². The molecular formula is C18H12Cl2N2O5. The molecule has 9 heteroatoms. The molecule has 0 unspecified atom stereocenters. The molecule has 0 atom stereocenters. The summed E-state index contributed by atoms with van der Waals surface area (Å²) in [5.74, 6) is -2.73. The van der Waals surface area contributed by atoms with Crippen molar-refractivity contribution in [3.63, 3.8) is 0 Å². The summed E-state index contributed by atoms with van der Waals surface area (Å²) in [6.07, 6.45) is 0. The maximum absolute atomic E-state index is 12.2. The van der Waals surface area contributed by atoms with Crippen molar-refractivity contribution >= 4 is 52.6 Å². The number of para-hydroxylation sites is 1. The second-order valence-electron chi connectivity index (χ2n) is 5.55. The van der Waals surface area contributed by atoms with Crippen molar-refractivity contribution in [2.45, 2.75) is 0 Å². The minimum atomic E-state index is -0.898. The summed E-state index contributed by atoms with van der Waals surface area (Å²) in [6.45, 7) is -1.21. The number of rotatable bonds is 5. The smallest absolute Gasteiger partial charge is 0.326 e.